The molecule has 2 heterocycles. The summed E-state index contributed by atoms with van der Waals surface area (Å²) in [7, 11) is 0. The van der Waals surface area contributed by atoms with E-state index in [2.05, 4.69) is 15.1 Å². The van der Waals surface area contributed by atoms with Gasteiger partial charge in [-0.1, -0.05) is 28.4 Å². The first-order valence-electron chi connectivity index (χ1n) is 4.63. The Hall–Kier alpha value is -1.21. The second-order valence-corrected chi connectivity index (χ2v) is 4.07. The first-order valence-corrected chi connectivity index (χ1v) is 5.39. The van der Waals surface area contributed by atoms with Crippen LogP contribution in [0.15, 0.2) is 16.8 Å². The summed E-state index contributed by atoms with van der Waals surface area (Å²) in [5.41, 5.74) is 5.87. The number of nitrogens with zero attached hydrogens (tertiary/aromatic N) is 3. The highest BCUT2D eigenvalue weighted by atomic mass is 35.5. The van der Waals surface area contributed by atoms with Crippen molar-refractivity contribution >= 4 is 23.2 Å². The molecule has 0 saturated carbocycles. The Balaban J connectivity index is 2.37. The van der Waals surface area contributed by atoms with Gasteiger partial charge in [0.2, 0.25) is 11.7 Å². The second-order valence-electron chi connectivity index (χ2n) is 3.23. The maximum atomic E-state index is 8.85. The Morgan fingerprint density at radius 3 is 2.88 bits per heavy atom. The highest BCUT2D eigenvalue weighted by molar-refractivity contribution is 6.35. The quantitative estimate of drug-likeness (QED) is 0.879. The van der Waals surface area contributed by atoms with Crippen molar-refractivity contribution in [2.24, 2.45) is 5.73 Å². The third kappa shape index (κ3) is 2.55. The van der Waals surface area contributed by atoms with Crippen LogP contribution in [0, 0.1) is 0 Å². The highest BCUT2D eigenvalue weighted by Gasteiger charge is 2.17. The van der Waals surface area contributed by atoms with Gasteiger partial charge in [-0.05, 0) is 6.07 Å². The molecule has 2 rings (SSSR count). The molecule has 3 N–H and O–H groups in total. The molecule has 0 saturated heterocycles. The molecule has 0 aliphatic heterocycles. The van der Waals surface area contributed by atoms with Crippen molar-refractivity contribution in [3.8, 4) is 11.5 Å². The SMILES string of the molecule is N[C@@H](CO)c1nc(-c2ncc(Cl)cc2Cl)no1. The first-order chi connectivity index (χ1) is 8.11. The lowest BCUT2D eigenvalue weighted by Gasteiger charge is -1.99. The topological polar surface area (TPSA) is 98.1 Å². The smallest absolute Gasteiger partial charge is 0.246 e. The number of rotatable bonds is 3. The van der Waals surface area contributed by atoms with Crippen molar-refractivity contribution in [3.63, 3.8) is 0 Å². The molecule has 0 amide bonds. The monoisotopic (exact) mass is 274 g/mol. The van der Waals surface area contributed by atoms with E-state index in [0.717, 1.165) is 0 Å². The van der Waals surface area contributed by atoms with Crippen molar-refractivity contribution in [1.29, 1.82) is 0 Å². The Morgan fingerprint density at radius 2 is 2.24 bits per heavy atom. The molecule has 1 atom stereocenters. The number of aromatic nitrogens is 3. The molecular formula is C9H8Cl2N4O2. The number of aliphatic hydroxyl groups is 1. The number of pyridine rings is 1. The van der Waals surface area contributed by atoms with Crippen molar-refractivity contribution in [2.75, 3.05) is 6.61 Å². The third-order valence-corrected chi connectivity index (χ3v) is 2.47. The summed E-state index contributed by atoms with van der Waals surface area (Å²) in [6.07, 6.45) is 1.42. The Morgan fingerprint density at radius 1 is 1.47 bits per heavy atom. The molecular weight excluding hydrogens is 267 g/mol. The van der Waals surface area contributed by atoms with Crippen LogP contribution >= 0.6 is 23.2 Å². The maximum absolute atomic E-state index is 8.85. The van der Waals surface area contributed by atoms with Gasteiger partial charge in [0.1, 0.15) is 11.7 Å². The molecule has 2 aromatic rings. The van der Waals surface area contributed by atoms with Gasteiger partial charge in [0.15, 0.2) is 0 Å². The summed E-state index contributed by atoms with van der Waals surface area (Å²) in [5, 5.41) is 13.2. The summed E-state index contributed by atoms with van der Waals surface area (Å²) >= 11 is 11.7. The number of nitrogens with two attached hydrogens (primary N) is 1. The van der Waals surface area contributed by atoms with Crippen LogP contribution in [0.1, 0.15) is 11.9 Å². The van der Waals surface area contributed by atoms with E-state index in [-0.39, 0.29) is 18.3 Å². The van der Waals surface area contributed by atoms with E-state index in [9.17, 15) is 0 Å². The zero-order valence-electron chi connectivity index (χ0n) is 8.47. The molecule has 2 aromatic heterocycles. The van der Waals surface area contributed by atoms with E-state index in [1.54, 1.807) is 0 Å². The van der Waals surface area contributed by atoms with Crippen LogP contribution in [0.2, 0.25) is 10.0 Å². The molecule has 0 unspecified atom stereocenters. The van der Waals surface area contributed by atoms with Gasteiger partial charge in [-0.25, -0.2) is 4.98 Å². The molecule has 0 aromatic carbocycles. The van der Waals surface area contributed by atoms with E-state index in [0.29, 0.717) is 15.7 Å². The molecule has 0 aliphatic carbocycles. The summed E-state index contributed by atoms with van der Waals surface area (Å²) in [5.74, 6) is 0.320. The minimum Gasteiger partial charge on any atom is -0.394 e. The number of halogens is 2. The van der Waals surface area contributed by atoms with Crippen LogP contribution in [-0.4, -0.2) is 26.8 Å². The van der Waals surface area contributed by atoms with Crippen molar-refractivity contribution in [1.82, 2.24) is 15.1 Å². The van der Waals surface area contributed by atoms with Gasteiger partial charge in [0.25, 0.3) is 0 Å². The minimum absolute atomic E-state index is 0.121. The molecule has 0 bridgehead atoms. The van der Waals surface area contributed by atoms with E-state index in [4.69, 9.17) is 38.6 Å². The predicted octanol–water partition coefficient (Wildman–Crippen LogP) is 1.43. The zero-order chi connectivity index (χ0) is 12.4. The predicted molar refractivity (Wildman–Crippen MR) is 61.6 cm³/mol. The summed E-state index contributed by atoms with van der Waals surface area (Å²) in [6, 6.07) is 0.801. The van der Waals surface area contributed by atoms with E-state index < -0.39 is 6.04 Å². The van der Waals surface area contributed by atoms with Crippen molar-refractivity contribution in [3.05, 3.63) is 28.2 Å². The van der Waals surface area contributed by atoms with Gasteiger partial charge in [-0.15, -0.1) is 0 Å². The fourth-order valence-corrected chi connectivity index (χ4v) is 1.60. The molecule has 0 radical (unpaired) electrons. The number of hydrogen-bond donors (Lipinski definition) is 2. The lowest BCUT2D eigenvalue weighted by molar-refractivity contribution is 0.237. The van der Waals surface area contributed by atoms with Gasteiger partial charge in [-0.2, -0.15) is 4.98 Å². The van der Waals surface area contributed by atoms with Crippen LogP contribution in [0.5, 0.6) is 0 Å². The van der Waals surface area contributed by atoms with E-state index in [1.165, 1.54) is 12.3 Å². The van der Waals surface area contributed by atoms with Gasteiger partial charge < -0.3 is 15.4 Å². The number of hydrogen-bond acceptors (Lipinski definition) is 6. The average Bonchev–Trinajstić information content (AvgIpc) is 2.77. The molecule has 17 heavy (non-hydrogen) atoms. The normalized spacial score (nSPS) is 12.7. The average molecular weight is 275 g/mol. The van der Waals surface area contributed by atoms with Gasteiger partial charge in [0, 0.05) is 6.20 Å². The van der Waals surface area contributed by atoms with Crippen LogP contribution < -0.4 is 5.73 Å². The first kappa shape index (κ1) is 12.3. The summed E-state index contributed by atoms with van der Waals surface area (Å²) < 4.78 is 4.88. The Bertz CT molecular complexity index is 531. The van der Waals surface area contributed by atoms with Crippen LogP contribution in [0.25, 0.3) is 11.5 Å². The largest absolute Gasteiger partial charge is 0.394 e. The Kier molecular flexibility index (Phi) is 3.58. The minimum atomic E-state index is -0.720. The van der Waals surface area contributed by atoms with E-state index >= 15 is 0 Å². The second kappa shape index (κ2) is 4.97. The van der Waals surface area contributed by atoms with Crippen LogP contribution in [-0.2, 0) is 0 Å². The maximum Gasteiger partial charge on any atom is 0.246 e. The van der Waals surface area contributed by atoms with E-state index in [1.807, 2.05) is 0 Å². The molecule has 8 heteroatoms. The van der Waals surface area contributed by atoms with Gasteiger partial charge >= 0.3 is 0 Å². The lowest BCUT2D eigenvalue weighted by Crippen LogP contribution is -2.14. The molecule has 90 valence electrons. The molecule has 6 nitrogen and oxygen atoms in total. The van der Waals surface area contributed by atoms with Crippen molar-refractivity contribution < 1.29 is 9.63 Å². The molecule has 0 fully saturated rings. The lowest BCUT2D eigenvalue weighted by atomic mass is 10.3. The van der Waals surface area contributed by atoms with Gasteiger partial charge in [0.05, 0.1) is 16.7 Å². The fraction of sp³-hybridized carbons (Fsp3) is 0.222. The fourth-order valence-electron chi connectivity index (χ4n) is 1.14. The molecule has 0 spiro atoms. The van der Waals surface area contributed by atoms with Crippen LogP contribution in [0.4, 0.5) is 0 Å². The Labute approximate surface area is 106 Å². The summed E-state index contributed by atoms with van der Waals surface area (Å²) in [6.45, 7) is -0.288. The van der Waals surface area contributed by atoms with Gasteiger partial charge in [-0.3, -0.25) is 0 Å². The van der Waals surface area contributed by atoms with Crippen LogP contribution in [0.3, 0.4) is 0 Å². The standard InChI is InChI=1S/C9H8Cl2N4O2/c10-4-1-5(11)7(13-2-4)8-14-9(17-15-8)6(12)3-16/h1-2,6,16H,3,12H2/t6-/m0/s1. The molecule has 0 aliphatic rings. The van der Waals surface area contributed by atoms with Crippen molar-refractivity contribution in [2.45, 2.75) is 6.04 Å². The number of aliphatic hydroxyl groups excluding tert-OH is 1. The third-order valence-electron chi connectivity index (χ3n) is 1.98. The summed E-state index contributed by atoms with van der Waals surface area (Å²) in [4.78, 5) is 7.98. The highest BCUT2D eigenvalue weighted by Crippen LogP contribution is 2.26. The zero-order valence-corrected chi connectivity index (χ0v) is 9.98.